The fourth-order valence-electron chi connectivity index (χ4n) is 4.38. The van der Waals surface area contributed by atoms with Crippen LogP contribution in [0, 0.1) is 11.3 Å². The molecule has 1 aliphatic rings. The lowest BCUT2D eigenvalue weighted by molar-refractivity contribution is -0.138. The van der Waals surface area contributed by atoms with Crippen molar-refractivity contribution in [2.24, 2.45) is 11.7 Å². The predicted molar refractivity (Wildman–Crippen MR) is 132 cm³/mol. The van der Waals surface area contributed by atoms with Crippen LogP contribution in [0.1, 0.15) is 28.8 Å². The van der Waals surface area contributed by atoms with Gasteiger partial charge >= 0.3 is 5.97 Å². The van der Waals surface area contributed by atoms with E-state index in [-0.39, 0.29) is 35.9 Å². The quantitative estimate of drug-likeness (QED) is 0.251. The van der Waals surface area contributed by atoms with Gasteiger partial charge in [0.25, 0.3) is 0 Å². The molecule has 0 unspecified atom stereocenters. The highest BCUT2D eigenvalue weighted by Crippen LogP contribution is 2.33. The Morgan fingerprint density at radius 3 is 1.97 bits per heavy atom. The van der Waals surface area contributed by atoms with E-state index >= 15 is 0 Å². The van der Waals surface area contributed by atoms with Crippen LogP contribution in [0.25, 0.3) is 11.1 Å². The van der Waals surface area contributed by atoms with Crippen LogP contribution in [-0.4, -0.2) is 48.0 Å². The second kappa shape index (κ2) is 9.81. The SMILES string of the molecule is N=C(N)c1ccc(-c2ccc(C(=O)[C@@H]3C[C@@H](CC(=O)O)CN3S(=O)(=O)c3ccccc3)cc2)cc1. The van der Waals surface area contributed by atoms with Crippen LogP contribution in [0.3, 0.4) is 0 Å². The maximum atomic E-state index is 13.4. The number of carboxylic acid groups (broad SMARTS) is 1. The van der Waals surface area contributed by atoms with Gasteiger partial charge in [0.05, 0.1) is 10.9 Å². The molecule has 0 radical (unpaired) electrons. The number of nitrogen functional groups attached to an aromatic ring is 1. The second-order valence-corrected chi connectivity index (χ2v) is 10.4. The monoisotopic (exact) mass is 491 g/mol. The third kappa shape index (κ3) is 5.16. The number of hydrogen-bond donors (Lipinski definition) is 3. The zero-order valence-electron chi connectivity index (χ0n) is 18.8. The minimum atomic E-state index is -3.98. The number of hydrogen-bond acceptors (Lipinski definition) is 5. The largest absolute Gasteiger partial charge is 0.481 e. The zero-order valence-corrected chi connectivity index (χ0v) is 19.6. The van der Waals surface area contributed by atoms with E-state index in [2.05, 4.69) is 0 Å². The highest BCUT2D eigenvalue weighted by atomic mass is 32.2. The highest BCUT2D eigenvalue weighted by Gasteiger charge is 2.44. The lowest BCUT2D eigenvalue weighted by Gasteiger charge is -2.23. The molecule has 0 aromatic heterocycles. The molecule has 1 fully saturated rings. The first-order valence-electron chi connectivity index (χ1n) is 11.0. The Morgan fingerprint density at radius 1 is 0.914 bits per heavy atom. The summed E-state index contributed by atoms with van der Waals surface area (Å²) in [5.74, 6) is -1.87. The average Bonchev–Trinajstić information content (AvgIpc) is 3.28. The van der Waals surface area contributed by atoms with Crippen molar-refractivity contribution in [1.29, 1.82) is 5.41 Å². The minimum absolute atomic E-state index is 0.0229. The van der Waals surface area contributed by atoms with Crippen LogP contribution >= 0.6 is 0 Å². The van der Waals surface area contributed by atoms with Gasteiger partial charge in [0.1, 0.15) is 5.84 Å². The van der Waals surface area contributed by atoms with Crippen LogP contribution in [0.2, 0.25) is 0 Å². The lowest BCUT2D eigenvalue weighted by Crippen LogP contribution is -2.40. The smallest absolute Gasteiger partial charge is 0.303 e. The lowest BCUT2D eigenvalue weighted by atomic mass is 9.95. The highest BCUT2D eigenvalue weighted by molar-refractivity contribution is 7.89. The summed E-state index contributed by atoms with van der Waals surface area (Å²) in [6.45, 7) is -0.0273. The predicted octanol–water partition coefficient (Wildman–Crippen LogP) is 3.37. The number of carbonyl (C=O) groups is 2. The van der Waals surface area contributed by atoms with E-state index in [4.69, 9.17) is 11.1 Å². The summed E-state index contributed by atoms with van der Waals surface area (Å²) in [6, 6.07) is 20.8. The first-order valence-corrected chi connectivity index (χ1v) is 12.5. The van der Waals surface area contributed by atoms with Crippen molar-refractivity contribution in [2.75, 3.05) is 6.54 Å². The standard InChI is InChI=1S/C26H25N3O5S/c27-26(28)21-12-8-19(9-13-21)18-6-10-20(11-7-18)25(32)23-14-17(15-24(30)31)16-29(23)35(33,34)22-4-2-1-3-5-22/h1-13,17,23H,14-16H2,(H3,27,28)(H,30,31)/t17-,23-/m0/s1. The number of benzene rings is 3. The van der Waals surface area contributed by atoms with E-state index in [1.807, 2.05) is 12.1 Å². The number of rotatable bonds is 8. The van der Waals surface area contributed by atoms with Crippen molar-refractivity contribution < 1.29 is 23.1 Å². The number of ketones is 1. The van der Waals surface area contributed by atoms with Gasteiger partial charge in [-0.1, -0.05) is 66.7 Å². The Kier molecular flexibility index (Phi) is 6.81. The number of sulfonamides is 1. The molecular formula is C26H25N3O5S. The molecule has 8 nitrogen and oxygen atoms in total. The Morgan fingerprint density at radius 2 is 1.46 bits per heavy atom. The van der Waals surface area contributed by atoms with Crippen molar-refractivity contribution in [1.82, 2.24) is 4.31 Å². The van der Waals surface area contributed by atoms with Gasteiger partial charge in [0, 0.05) is 24.1 Å². The first kappa shape index (κ1) is 24.3. The number of carbonyl (C=O) groups excluding carboxylic acids is 1. The molecule has 0 bridgehead atoms. The Hall–Kier alpha value is -3.82. The number of carboxylic acids is 1. The molecule has 1 aliphatic heterocycles. The molecule has 0 amide bonds. The second-order valence-electron chi connectivity index (χ2n) is 8.54. The third-order valence-electron chi connectivity index (χ3n) is 6.16. The van der Waals surface area contributed by atoms with E-state index in [0.717, 1.165) is 15.4 Å². The van der Waals surface area contributed by atoms with Crippen molar-refractivity contribution >= 4 is 27.6 Å². The van der Waals surface area contributed by atoms with E-state index in [9.17, 15) is 23.1 Å². The number of nitrogens with two attached hydrogens (primary N) is 1. The minimum Gasteiger partial charge on any atom is -0.481 e. The fourth-order valence-corrected chi connectivity index (χ4v) is 6.07. The van der Waals surface area contributed by atoms with Crippen molar-refractivity contribution in [3.8, 4) is 11.1 Å². The fraction of sp³-hybridized carbons (Fsp3) is 0.192. The molecule has 1 saturated heterocycles. The van der Waals surface area contributed by atoms with Crippen LogP contribution in [0.5, 0.6) is 0 Å². The topological polar surface area (TPSA) is 142 Å². The van der Waals surface area contributed by atoms with Crippen LogP contribution in [-0.2, 0) is 14.8 Å². The summed E-state index contributed by atoms with van der Waals surface area (Å²) >= 11 is 0. The Labute approximate surface area is 203 Å². The summed E-state index contributed by atoms with van der Waals surface area (Å²) in [7, 11) is -3.98. The molecule has 1 heterocycles. The van der Waals surface area contributed by atoms with E-state index in [1.54, 1.807) is 54.6 Å². The average molecular weight is 492 g/mol. The van der Waals surface area contributed by atoms with Gasteiger partial charge in [-0.05, 0) is 35.6 Å². The van der Waals surface area contributed by atoms with Gasteiger partial charge in [0.2, 0.25) is 10.0 Å². The summed E-state index contributed by atoms with van der Waals surface area (Å²) in [4.78, 5) is 24.8. The Balaban J connectivity index is 1.61. The van der Waals surface area contributed by atoms with Crippen LogP contribution < -0.4 is 5.73 Å². The van der Waals surface area contributed by atoms with Gasteiger partial charge < -0.3 is 10.8 Å². The molecule has 0 saturated carbocycles. The van der Waals surface area contributed by atoms with Crippen LogP contribution in [0.4, 0.5) is 0 Å². The van der Waals surface area contributed by atoms with Crippen molar-refractivity contribution in [3.05, 3.63) is 90.0 Å². The number of Topliss-reactive ketones (excluding diaryl/α,β-unsaturated/α-hetero) is 1. The maximum Gasteiger partial charge on any atom is 0.303 e. The van der Waals surface area contributed by atoms with E-state index < -0.39 is 28.0 Å². The van der Waals surface area contributed by atoms with Gasteiger partial charge in [-0.25, -0.2) is 8.42 Å². The van der Waals surface area contributed by atoms with Crippen LogP contribution in [0.15, 0.2) is 83.8 Å². The third-order valence-corrected chi connectivity index (χ3v) is 8.05. The maximum absolute atomic E-state index is 13.4. The van der Waals surface area contributed by atoms with Crippen molar-refractivity contribution in [3.63, 3.8) is 0 Å². The number of amidine groups is 1. The molecule has 180 valence electrons. The molecule has 4 rings (SSSR count). The molecule has 4 N–H and O–H groups in total. The summed E-state index contributed by atoms with van der Waals surface area (Å²) in [5, 5.41) is 16.7. The summed E-state index contributed by atoms with van der Waals surface area (Å²) < 4.78 is 27.8. The van der Waals surface area contributed by atoms with Gasteiger partial charge in [0.15, 0.2) is 5.78 Å². The summed E-state index contributed by atoms with van der Waals surface area (Å²) in [6.07, 6.45) is -0.0642. The molecule has 35 heavy (non-hydrogen) atoms. The normalized spacial score (nSPS) is 18.3. The van der Waals surface area contributed by atoms with Crippen molar-refractivity contribution in [2.45, 2.75) is 23.8 Å². The molecule has 0 aliphatic carbocycles. The van der Waals surface area contributed by atoms with Gasteiger partial charge in [-0.2, -0.15) is 4.31 Å². The Bertz CT molecular complexity index is 1350. The van der Waals surface area contributed by atoms with Gasteiger partial charge in [-0.3, -0.25) is 15.0 Å². The number of aliphatic carboxylic acids is 1. The first-order chi connectivity index (χ1) is 16.7. The molecule has 9 heteroatoms. The van der Waals surface area contributed by atoms with E-state index in [1.165, 1.54) is 12.1 Å². The van der Waals surface area contributed by atoms with Gasteiger partial charge in [-0.15, -0.1) is 0 Å². The molecule has 2 atom stereocenters. The number of nitrogens with zero attached hydrogens (tertiary/aromatic N) is 1. The summed E-state index contributed by atoms with van der Waals surface area (Å²) in [5.41, 5.74) is 8.18. The van der Waals surface area contributed by atoms with E-state index in [0.29, 0.717) is 11.1 Å². The molecule has 0 spiro atoms. The number of nitrogens with one attached hydrogen (secondary N) is 1. The molecule has 3 aromatic carbocycles. The molecular weight excluding hydrogens is 466 g/mol. The zero-order chi connectivity index (χ0) is 25.2. The molecule has 3 aromatic rings.